The van der Waals surface area contributed by atoms with E-state index in [4.69, 9.17) is 0 Å². The molecule has 0 spiro atoms. The third-order valence-electron chi connectivity index (χ3n) is 1.15. The lowest BCUT2D eigenvalue weighted by Crippen LogP contribution is -1.74. The summed E-state index contributed by atoms with van der Waals surface area (Å²) in [6, 6.07) is 1.68. The molecule has 0 aliphatic rings. The highest BCUT2D eigenvalue weighted by molar-refractivity contribution is 5.60. The van der Waals surface area contributed by atoms with Crippen LogP contribution in [0.15, 0.2) is 30.2 Å². The van der Waals surface area contributed by atoms with Gasteiger partial charge in [0.15, 0.2) is 0 Å². The van der Waals surface area contributed by atoms with Gasteiger partial charge in [-0.25, -0.2) is 0 Å². The molecule has 0 radical (unpaired) electrons. The molecular formula is C7H6N2O. The Morgan fingerprint density at radius 3 is 3.00 bits per heavy atom. The minimum atomic E-state index is 0.331. The Bertz CT molecular complexity index is 231. The third kappa shape index (κ3) is 1.07. The van der Waals surface area contributed by atoms with Crippen molar-refractivity contribution in [2.45, 2.75) is 0 Å². The van der Waals surface area contributed by atoms with Gasteiger partial charge in [-0.05, 0) is 11.2 Å². The van der Waals surface area contributed by atoms with E-state index < -0.39 is 0 Å². The molecule has 1 aromatic heterocycles. The summed E-state index contributed by atoms with van der Waals surface area (Å²) < 4.78 is 0. The zero-order valence-corrected chi connectivity index (χ0v) is 5.32. The molecule has 50 valence electrons. The fourth-order valence-corrected chi connectivity index (χ4v) is 0.646. The van der Waals surface area contributed by atoms with Gasteiger partial charge >= 0.3 is 0 Å². The first-order chi connectivity index (χ1) is 4.88. The van der Waals surface area contributed by atoms with Gasteiger partial charge in [-0.1, -0.05) is 12.7 Å². The molecule has 1 rings (SSSR count). The summed E-state index contributed by atoms with van der Waals surface area (Å²) in [5.41, 5.74) is 1.04. The average Bonchev–Trinajstić information content (AvgIpc) is 2.04. The van der Waals surface area contributed by atoms with Crippen LogP contribution in [0, 0.1) is 4.91 Å². The lowest BCUT2D eigenvalue weighted by molar-refractivity contribution is 1.29. The maximum absolute atomic E-state index is 10.0. The molecule has 1 heterocycles. The molecule has 3 heteroatoms. The molecule has 1 aromatic rings. The van der Waals surface area contributed by atoms with Gasteiger partial charge in [-0.15, -0.1) is 4.91 Å². The molecule has 3 nitrogen and oxygen atoms in total. The maximum atomic E-state index is 10.0. The molecule has 0 saturated heterocycles. The summed E-state index contributed by atoms with van der Waals surface area (Å²) in [5.74, 6) is 0. The standard InChI is InChI=1S/C7H6N2O/c1-2-6-3-4-8-5-7(6)9-10/h2-5H,1H2. The Balaban J connectivity index is 3.20. The van der Waals surface area contributed by atoms with Crippen LogP contribution >= 0.6 is 0 Å². The van der Waals surface area contributed by atoms with Crippen molar-refractivity contribution in [3.63, 3.8) is 0 Å². The van der Waals surface area contributed by atoms with E-state index in [0.717, 1.165) is 0 Å². The summed E-state index contributed by atoms with van der Waals surface area (Å²) in [7, 11) is 0. The van der Waals surface area contributed by atoms with E-state index >= 15 is 0 Å². The van der Waals surface area contributed by atoms with Gasteiger partial charge in [0.1, 0.15) is 5.69 Å². The van der Waals surface area contributed by atoms with Gasteiger partial charge in [0.2, 0.25) is 0 Å². The predicted octanol–water partition coefficient (Wildman–Crippen LogP) is 2.12. The largest absolute Gasteiger partial charge is 0.262 e. The van der Waals surface area contributed by atoms with E-state index in [1.807, 2.05) is 0 Å². The number of aromatic nitrogens is 1. The highest BCUT2D eigenvalue weighted by Gasteiger charge is 1.95. The van der Waals surface area contributed by atoms with Crippen molar-refractivity contribution in [1.82, 2.24) is 4.98 Å². The van der Waals surface area contributed by atoms with E-state index in [0.29, 0.717) is 11.3 Å². The number of rotatable bonds is 2. The first kappa shape index (κ1) is 6.61. The van der Waals surface area contributed by atoms with Gasteiger partial charge < -0.3 is 0 Å². The van der Waals surface area contributed by atoms with Crippen molar-refractivity contribution in [3.05, 3.63) is 35.5 Å². The first-order valence-corrected chi connectivity index (χ1v) is 2.78. The van der Waals surface area contributed by atoms with Gasteiger partial charge in [-0.2, -0.15) is 0 Å². The third-order valence-corrected chi connectivity index (χ3v) is 1.15. The lowest BCUT2D eigenvalue weighted by atomic mass is 10.2. The highest BCUT2D eigenvalue weighted by Crippen LogP contribution is 2.16. The normalized spacial score (nSPS) is 8.80. The fraction of sp³-hybridized carbons (Fsp3) is 0. The van der Waals surface area contributed by atoms with Crippen LogP contribution in [-0.4, -0.2) is 4.98 Å². The van der Waals surface area contributed by atoms with Crippen molar-refractivity contribution < 1.29 is 0 Å². The van der Waals surface area contributed by atoms with Crippen LogP contribution < -0.4 is 0 Å². The Kier molecular flexibility index (Phi) is 1.89. The van der Waals surface area contributed by atoms with E-state index in [9.17, 15) is 4.91 Å². The summed E-state index contributed by atoms with van der Waals surface area (Å²) in [6.07, 6.45) is 4.56. The zero-order chi connectivity index (χ0) is 7.40. The SMILES string of the molecule is C=Cc1ccncc1N=O. The topological polar surface area (TPSA) is 42.3 Å². The molecule has 0 N–H and O–H groups in total. The van der Waals surface area contributed by atoms with Crippen LogP contribution in [0.5, 0.6) is 0 Å². The van der Waals surface area contributed by atoms with Crippen molar-refractivity contribution in [3.8, 4) is 0 Å². The van der Waals surface area contributed by atoms with E-state index in [1.54, 1.807) is 18.3 Å². The van der Waals surface area contributed by atoms with Crippen LogP contribution in [0.2, 0.25) is 0 Å². The van der Waals surface area contributed by atoms with Crippen LogP contribution in [0.4, 0.5) is 5.69 Å². The van der Waals surface area contributed by atoms with Gasteiger partial charge in [0.05, 0.1) is 6.20 Å². The van der Waals surface area contributed by atoms with E-state index in [2.05, 4.69) is 16.7 Å². The molecule has 0 amide bonds. The second kappa shape index (κ2) is 2.87. The Hall–Kier alpha value is -1.51. The minimum absolute atomic E-state index is 0.331. The van der Waals surface area contributed by atoms with Crippen LogP contribution in [0.1, 0.15) is 5.56 Å². The molecular weight excluding hydrogens is 128 g/mol. The smallest absolute Gasteiger partial charge is 0.133 e. The summed E-state index contributed by atoms with van der Waals surface area (Å²) in [4.78, 5) is 13.8. The number of pyridine rings is 1. The molecule has 0 unspecified atom stereocenters. The maximum Gasteiger partial charge on any atom is 0.133 e. The molecule has 0 aliphatic heterocycles. The molecule has 10 heavy (non-hydrogen) atoms. The Morgan fingerprint density at radius 1 is 1.70 bits per heavy atom. The molecule has 0 bridgehead atoms. The Labute approximate surface area is 58.4 Å². The minimum Gasteiger partial charge on any atom is -0.262 e. The van der Waals surface area contributed by atoms with E-state index in [-0.39, 0.29) is 0 Å². The van der Waals surface area contributed by atoms with Crippen LogP contribution in [0.25, 0.3) is 6.08 Å². The molecule has 0 fully saturated rings. The number of nitrogens with zero attached hydrogens (tertiary/aromatic N) is 2. The molecule has 0 atom stereocenters. The second-order valence-corrected chi connectivity index (χ2v) is 1.73. The quantitative estimate of drug-likeness (QED) is 0.581. The van der Waals surface area contributed by atoms with Crippen molar-refractivity contribution in [1.29, 1.82) is 0 Å². The van der Waals surface area contributed by atoms with Crippen molar-refractivity contribution in [2.24, 2.45) is 5.18 Å². The molecule has 0 saturated carbocycles. The second-order valence-electron chi connectivity index (χ2n) is 1.73. The molecule has 0 aromatic carbocycles. The van der Waals surface area contributed by atoms with Gasteiger partial charge in [-0.3, -0.25) is 4.98 Å². The molecule has 0 aliphatic carbocycles. The van der Waals surface area contributed by atoms with Crippen molar-refractivity contribution in [2.75, 3.05) is 0 Å². The van der Waals surface area contributed by atoms with Crippen molar-refractivity contribution >= 4 is 11.8 Å². The van der Waals surface area contributed by atoms with Gasteiger partial charge in [0.25, 0.3) is 0 Å². The summed E-state index contributed by atoms with van der Waals surface area (Å²) in [5, 5.41) is 2.76. The highest BCUT2D eigenvalue weighted by atomic mass is 16.3. The Morgan fingerprint density at radius 2 is 2.50 bits per heavy atom. The van der Waals surface area contributed by atoms with Crippen LogP contribution in [-0.2, 0) is 0 Å². The summed E-state index contributed by atoms with van der Waals surface area (Å²) in [6.45, 7) is 3.51. The van der Waals surface area contributed by atoms with E-state index in [1.165, 1.54) is 6.20 Å². The number of nitroso groups, excluding NO2 is 1. The average molecular weight is 134 g/mol. The van der Waals surface area contributed by atoms with Gasteiger partial charge in [0, 0.05) is 11.8 Å². The monoisotopic (exact) mass is 134 g/mol. The number of hydrogen-bond acceptors (Lipinski definition) is 3. The lowest BCUT2D eigenvalue weighted by Gasteiger charge is -1.91. The summed E-state index contributed by atoms with van der Waals surface area (Å²) >= 11 is 0. The fourth-order valence-electron chi connectivity index (χ4n) is 0.646. The first-order valence-electron chi connectivity index (χ1n) is 2.78. The van der Waals surface area contributed by atoms with Crippen LogP contribution in [0.3, 0.4) is 0 Å². The zero-order valence-electron chi connectivity index (χ0n) is 5.32. The predicted molar refractivity (Wildman–Crippen MR) is 39.8 cm³/mol. The number of hydrogen-bond donors (Lipinski definition) is 0.